The molecular formula is C27H35N5O5S. The van der Waals surface area contributed by atoms with Crippen LogP contribution < -0.4 is 25.8 Å². The van der Waals surface area contributed by atoms with E-state index in [1.54, 1.807) is 26.0 Å². The van der Waals surface area contributed by atoms with Gasteiger partial charge in [0.2, 0.25) is 21.8 Å². The van der Waals surface area contributed by atoms with Gasteiger partial charge in [-0.05, 0) is 62.4 Å². The second-order valence-electron chi connectivity index (χ2n) is 11.0. The van der Waals surface area contributed by atoms with Gasteiger partial charge in [0, 0.05) is 67.7 Å². The highest BCUT2D eigenvalue weighted by Gasteiger charge is 2.49. The van der Waals surface area contributed by atoms with Crippen LogP contribution in [0.2, 0.25) is 0 Å². The Morgan fingerprint density at radius 3 is 2.66 bits per heavy atom. The van der Waals surface area contributed by atoms with Gasteiger partial charge < -0.3 is 20.1 Å². The molecule has 2 aromatic rings. The van der Waals surface area contributed by atoms with E-state index in [9.17, 15) is 22.8 Å². The summed E-state index contributed by atoms with van der Waals surface area (Å²) in [6, 6.07) is 10.8. The lowest BCUT2D eigenvalue weighted by Gasteiger charge is -2.54. The summed E-state index contributed by atoms with van der Waals surface area (Å²) < 4.78 is 29.0. The van der Waals surface area contributed by atoms with Gasteiger partial charge in [0.1, 0.15) is 0 Å². The zero-order chi connectivity index (χ0) is 27.2. The molecule has 3 aliphatic rings. The molecule has 1 aromatic heterocycles. The summed E-state index contributed by atoms with van der Waals surface area (Å²) in [7, 11) is -3.51. The number of anilines is 2. The second kappa shape index (κ2) is 10.2. The third kappa shape index (κ3) is 5.22. The van der Waals surface area contributed by atoms with Gasteiger partial charge in [0.25, 0.3) is 5.56 Å². The van der Waals surface area contributed by atoms with Crippen LogP contribution in [0.3, 0.4) is 0 Å². The number of benzene rings is 1. The molecule has 1 aromatic carbocycles. The van der Waals surface area contributed by atoms with Gasteiger partial charge in [-0.1, -0.05) is 6.07 Å². The van der Waals surface area contributed by atoms with E-state index in [1.165, 1.54) is 6.92 Å². The van der Waals surface area contributed by atoms with Gasteiger partial charge in [-0.15, -0.1) is 0 Å². The molecule has 38 heavy (non-hydrogen) atoms. The number of aromatic nitrogens is 1. The van der Waals surface area contributed by atoms with Crippen molar-refractivity contribution in [2.45, 2.75) is 58.2 Å². The molecule has 0 radical (unpaired) electrons. The highest BCUT2D eigenvalue weighted by molar-refractivity contribution is 7.89. The first-order valence-corrected chi connectivity index (χ1v) is 14.8. The van der Waals surface area contributed by atoms with Crippen LogP contribution in [-0.4, -0.2) is 55.7 Å². The summed E-state index contributed by atoms with van der Waals surface area (Å²) >= 11 is 0. The second-order valence-corrected chi connectivity index (χ2v) is 12.8. The van der Waals surface area contributed by atoms with E-state index in [0.717, 1.165) is 23.4 Å². The lowest BCUT2D eigenvalue weighted by Crippen LogP contribution is -2.60. The van der Waals surface area contributed by atoms with E-state index in [0.29, 0.717) is 25.2 Å². The first kappa shape index (κ1) is 26.4. The van der Waals surface area contributed by atoms with Crippen LogP contribution >= 0.6 is 0 Å². The van der Waals surface area contributed by atoms with Gasteiger partial charge in [-0.25, -0.2) is 13.1 Å². The number of nitrogens with one attached hydrogen (secondary N) is 3. The molecule has 1 fully saturated rings. The average Bonchev–Trinajstić information content (AvgIpc) is 2.82. The lowest BCUT2D eigenvalue weighted by atomic mass is 9.69. The molecular weight excluding hydrogens is 506 g/mol. The predicted molar refractivity (Wildman–Crippen MR) is 146 cm³/mol. The minimum Gasteiger partial charge on any atom is -0.366 e. The molecule has 1 unspecified atom stereocenters. The van der Waals surface area contributed by atoms with Gasteiger partial charge in [-0.2, -0.15) is 0 Å². The number of hydrogen-bond donors (Lipinski definition) is 3. The zero-order valence-corrected chi connectivity index (χ0v) is 22.8. The molecule has 11 heteroatoms. The van der Waals surface area contributed by atoms with E-state index in [4.69, 9.17) is 0 Å². The van der Waals surface area contributed by atoms with E-state index in [-0.39, 0.29) is 53.6 Å². The molecule has 0 spiro atoms. The van der Waals surface area contributed by atoms with Crippen LogP contribution in [0.25, 0.3) is 0 Å². The Kier molecular flexibility index (Phi) is 7.08. The molecule has 0 saturated carbocycles. The summed E-state index contributed by atoms with van der Waals surface area (Å²) in [4.78, 5) is 40.3. The molecule has 204 valence electrons. The van der Waals surface area contributed by atoms with E-state index in [1.807, 2.05) is 28.8 Å². The topological polar surface area (TPSA) is 130 Å². The normalized spacial score (nSPS) is 23.7. The van der Waals surface area contributed by atoms with Crippen molar-refractivity contribution in [3.8, 4) is 0 Å². The molecule has 3 aliphatic heterocycles. The van der Waals surface area contributed by atoms with Crippen LogP contribution in [-0.2, 0) is 32.6 Å². The number of nitrogens with zero attached hydrogens (tertiary/aromatic N) is 2. The maximum atomic E-state index is 13.7. The number of hydrogen-bond acceptors (Lipinski definition) is 6. The Morgan fingerprint density at radius 1 is 1.13 bits per heavy atom. The minimum absolute atomic E-state index is 0.00618. The van der Waals surface area contributed by atoms with Crippen molar-refractivity contribution in [1.82, 2.24) is 14.6 Å². The molecule has 5 rings (SSSR count). The van der Waals surface area contributed by atoms with Crippen LogP contribution in [0.5, 0.6) is 0 Å². The van der Waals surface area contributed by atoms with Crippen molar-refractivity contribution in [2.75, 3.05) is 29.1 Å². The van der Waals surface area contributed by atoms with E-state index in [2.05, 4.69) is 20.3 Å². The average molecular weight is 542 g/mol. The number of fused-ring (bicyclic) bond motifs is 8. The van der Waals surface area contributed by atoms with Crippen molar-refractivity contribution in [1.29, 1.82) is 0 Å². The Bertz CT molecular complexity index is 1420. The number of carbonyl (C=O) groups excluding carboxylic acids is 2. The summed E-state index contributed by atoms with van der Waals surface area (Å²) in [5.41, 5.74) is 3.60. The first-order valence-electron chi connectivity index (χ1n) is 13.2. The smallest absolute Gasteiger partial charge is 0.250 e. The largest absolute Gasteiger partial charge is 0.366 e. The van der Waals surface area contributed by atoms with Gasteiger partial charge >= 0.3 is 0 Å². The number of piperidine rings is 1. The monoisotopic (exact) mass is 541 g/mol. The molecule has 1 saturated heterocycles. The summed E-state index contributed by atoms with van der Waals surface area (Å²) in [6.07, 6.45) is 1.34. The van der Waals surface area contributed by atoms with Crippen LogP contribution in [0.1, 0.15) is 44.4 Å². The molecule has 2 bridgehead atoms. The highest BCUT2D eigenvalue weighted by atomic mass is 32.2. The van der Waals surface area contributed by atoms with Crippen molar-refractivity contribution in [2.24, 2.45) is 11.8 Å². The molecule has 4 heterocycles. The fourth-order valence-electron chi connectivity index (χ4n) is 6.46. The SMILES string of the molecule is CC(=O)Nc1ccc2c(c1)CC(C(=O)NCCS(=O)(=O)NC(C)C)[C@H]1[C@@H]3C[C@H](CN21)Cn1c3cccc1=O. The number of sulfonamides is 1. The Balaban J connectivity index is 1.48. The molecule has 4 atom stereocenters. The molecule has 2 amide bonds. The van der Waals surface area contributed by atoms with Gasteiger partial charge in [0.15, 0.2) is 0 Å². The number of rotatable bonds is 7. The Hall–Kier alpha value is -3.18. The lowest BCUT2D eigenvalue weighted by molar-refractivity contribution is -0.126. The maximum absolute atomic E-state index is 13.7. The Labute approximate surface area is 222 Å². The molecule has 10 nitrogen and oxygen atoms in total. The number of pyridine rings is 1. The number of amides is 2. The molecule has 0 aliphatic carbocycles. The van der Waals surface area contributed by atoms with Crippen molar-refractivity contribution in [3.05, 3.63) is 58.0 Å². The minimum atomic E-state index is -3.51. The third-order valence-electron chi connectivity index (χ3n) is 7.70. The predicted octanol–water partition coefficient (Wildman–Crippen LogP) is 1.42. The van der Waals surface area contributed by atoms with Crippen LogP contribution in [0.4, 0.5) is 11.4 Å². The quantitative estimate of drug-likeness (QED) is 0.486. The van der Waals surface area contributed by atoms with Gasteiger partial charge in [-0.3, -0.25) is 14.4 Å². The van der Waals surface area contributed by atoms with Crippen molar-refractivity contribution < 1.29 is 18.0 Å². The first-order chi connectivity index (χ1) is 18.0. The fourth-order valence-corrected chi connectivity index (χ4v) is 7.67. The number of carbonyl (C=O) groups is 2. The van der Waals surface area contributed by atoms with Crippen LogP contribution in [0, 0.1) is 11.8 Å². The summed E-state index contributed by atoms with van der Waals surface area (Å²) in [5.74, 6) is -0.778. The fraction of sp³-hybridized carbons (Fsp3) is 0.519. The molecule has 3 N–H and O–H groups in total. The van der Waals surface area contributed by atoms with Gasteiger partial charge in [0.05, 0.1) is 11.7 Å². The third-order valence-corrected chi connectivity index (χ3v) is 9.27. The summed E-state index contributed by atoms with van der Waals surface area (Å²) in [6.45, 7) is 6.33. The zero-order valence-electron chi connectivity index (χ0n) is 21.9. The Morgan fingerprint density at radius 2 is 1.92 bits per heavy atom. The maximum Gasteiger partial charge on any atom is 0.250 e. The standard InChI is InChI=1S/C27H35N5O5S/c1-16(2)30-38(36,37)10-9-28-27(35)22-13-19-12-20(29-17(3)33)7-8-23(19)32-15-18-11-21(26(22)32)24-5-4-6-25(34)31(24)14-18/h4-8,12,16,18,21-22,26,30H,9-11,13-15H2,1-3H3,(H,28,35)(H,29,33)/t18-,21+,22?,26+/m0/s1. The van der Waals surface area contributed by atoms with Crippen molar-refractivity contribution in [3.63, 3.8) is 0 Å². The van der Waals surface area contributed by atoms with E-state index < -0.39 is 15.9 Å². The van der Waals surface area contributed by atoms with E-state index >= 15 is 0 Å². The highest BCUT2D eigenvalue weighted by Crippen LogP contribution is 2.48. The van der Waals surface area contributed by atoms with Crippen LogP contribution in [0.15, 0.2) is 41.2 Å². The van der Waals surface area contributed by atoms with Crippen molar-refractivity contribution >= 4 is 33.2 Å². The summed E-state index contributed by atoms with van der Waals surface area (Å²) in [5, 5.41) is 5.71.